The topological polar surface area (TPSA) is 69.8 Å². The number of hydrogen-bond acceptors (Lipinski definition) is 3. The molecule has 0 bridgehead atoms. The highest BCUT2D eigenvalue weighted by molar-refractivity contribution is 7.80. The summed E-state index contributed by atoms with van der Waals surface area (Å²) < 4.78 is 0. The van der Waals surface area contributed by atoms with Crippen molar-refractivity contribution in [1.29, 1.82) is 0 Å². The fraction of sp³-hybridized carbons (Fsp3) is 0.125. The fourth-order valence-electron chi connectivity index (χ4n) is 3.39. The van der Waals surface area contributed by atoms with Crippen LogP contribution in [0.25, 0.3) is 22.4 Å². The van der Waals surface area contributed by atoms with E-state index in [1.807, 2.05) is 81.4 Å². The number of amides is 1. The first-order chi connectivity index (χ1) is 14.4. The summed E-state index contributed by atoms with van der Waals surface area (Å²) in [5.41, 5.74) is 7.30. The number of rotatable bonds is 3. The number of fused-ring (bicyclic) bond motifs is 1. The van der Waals surface area contributed by atoms with Crippen molar-refractivity contribution < 1.29 is 4.79 Å². The van der Waals surface area contributed by atoms with Gasteiger partial charge in [0.2, 0.25) is 0 Å². The minimum atomic E-state index is -0.226. The van der Waals surface area contributed by atoms with Crippen LogP contribution in [-0.4, -0.2) is 21.0 Å². The zero-order valence-electron chi connectivity index (χ0n) is 17.0. The summed E-state index contributed by atoms with van der Waals surface area (Å²) in [6, 6.07) is 19.6. The summed E-state index contributed by atoms with van der Waals surface area (Å²) >= 11 is 5.39. The predicted octanol–water partition coefficient (Wildman–Crippen LogP) is 5.28. The molecule has 0 unspecified atom stereocenters. The monoisotopic (exact) mass is 414 g/mol. The molecule has 4 aromatic rings. The fourth-order valence-corrected chi connectivity index (χ4v) is 3.59. The first-order valence-electron chi connectivity index (χ1n) is 9.66. The Morgan fingerprint density at radius 3 is 2.53 bits per heavy atom. The number of carbonyl (C=O) groups excluding carboxylic acids is 1. The second kappa shape index (κ2) is 8.08. The number of aryl methyl sites for hydroxylation is 3. The number of benzene rings is 3. The molecule has 0 aliphatic rings. The second-order valence-electron chi connectivity index (χ2n) is 7.36. The SMILES string of the molecule is Cc1ccc(C(=O)NC(=S)Nc2cc(-c3nc4ccccc4[nH]3)ccc2C)c(C)c1. The summed E-state index contributed by atoms with van der Waals surface area (Å²) in [5.74, 6) is 0.556. The molecule has 6 heteroatoms. The van der Waals surface area contributed by atoms with Crippen LogP contribution in [0.1, 0.15) is 27.0 Å². The van der Waals surface area contributed by atoms with Crippen molar-refractivity contribution in [3.8, 4) is 11.4 Å². The van der Waals surface area contributed by atoms with Gasteiger partial charge in [0.15, 0.2) is 5.11 Å². The largest absolute Gasteiger partial charge is 0.338 e. The quantitative estimate of drug-likeness (QED) is 0.399. The lowest BCUT2D eigenvalue weighted by Gasteiger charge is -2.13. The molecule has 0 aliphatic heterocycles. The molecule has 3 aromatic carbocycles. The van der Waals surface area contributed by atoms with Gasteiger partial charge in [-0.25, -0.2) is 4.98 Å². The minimum Gasteiger partial charge on any atom is -0.338 e. The third-order valence-electron chi connectivity index (χ3n) is 5.00. The van der Waals surface area contributed by atoms with Crippen LogP contribution in [-0.2, 0) is 0 Å². The van der Waals surface area contributed by atoms with E-state index in [2.05, 4.69) is 20.6 Å². The van der Waals surface area contributed by atoms with Gasteiger partial charge in [0.25, 0.3) is 5.91 Å². The Balaban J connectivity index is 1.53. The number of anilines is 1. The van der Waals surface area contributed by atoms with Crippen molar-refractivity contribution in [2.75, 3.05) is 5.32 Å². The molecule has 0 atom stereocenters. The van der Waals surface area contributed by atoms with Gasteiger partial charge in [0.1, 0.15) is 5.82 Å². The van der Waals surface area contributed by atoms with Crippen LogP contribution in [0.4, 0.5) is 5.69 Å². The van der Waals surface area contributed by atoms with E-state index < -0.39 is 0 Å². The molecule has 3 N–H and O–H groups in total. The number of carbonyl (C=O) groups is 1. The Morgan fingerprint density at radius 2 is 1.77 bits per heavy atom. The van der Waals surface area contributed by atoms with Crippen molar-refractivity contribution >= 4 is 40.0 Å². The van der Waals surface area contributed by atoms with Crippen LogP contribution in [0.5, 0.6) is 0 Å². The predicted molar refractivity (Wildman–Crippen MR) is 126 cm³/mol. The lowest BCUT2D eigenvalue weighted by atomic mass is 10.1. The maximum atomic E-state index is 12.6. The highest BCUT2D eigenvalue weighted by Gasteiger charge is 2.12. The average Bonchev–Trinajstić information content (AvgIpc) is 3.13. The van der Waals surface area contributed by atoms with E-state index in [0.717, 1.165) is 44.8 Å². The van der Waals surface area contributed by atoms with Crippen LogP contribution in [0.2, 0.25) is 0 Å². The van der Waals surface area contributed by atoms with Crippen molar-refractivity contribution in [2.24, 2.45) is 0 Å². The first-order valence-corrected chi connectivity index (χ1v) is 10.1. The summed E-state index contributed by atoms with van der Waals surface area (Å²) in [5, 5.41) is 6.17. The molecule has 0 saturated heterocycles. The minimum absolute atomic E-state index is 0.226. The standard InChI is InChI=1S/C24H22N4OS/c1-14-8-11-18(16(3)12-14)23(29)28-24(30)27-21-13-17(10-9-15(21)2)22-25-19-6-4-5-7-20(19)26-22/h4-13H,1-3H3,(H,25,26)(H2,27,28,29,30). The van der Waals surface area contributed by atoms with Gasteiger partial charge in [0.05, 0.1) is 11.0 Å². The van der Waals surface area contributed by atoms with Crippen LogP contribution < -0.4 is 10.6 Å². The highest BCUT2D eigenvalue weighted by atomic mass is 32.1. The summed E-state index contributed by atoms with van der Waals surface area (Å²) in [7, 11) is 0. The highest BCUT2D eigenvalue weighted by Crippen LogP contribution is 2.25. The number of para-hydroxylation sites is 2. The van der Waals surface area contributed by atoms with Crippen LogP contribution in [0.15, 0.2) is 60.7 Å². The Bertz CT molecular complexity index is 1240. The first kappa shape index (κ1) is 19.8. The molecule has 0 saturated carbocycles. The van der Waals surface area contributed by atoms with Gasteiger partial charge in [-0.05, 0) is 68.4 Å². The van der Waals surface area contributed by atoms with E-state index >= 15 is 0 Å². The lowest BCUT2D eigenvalue weighted by molar-refractivity contribution is 0.0977. The molecule has 0 radical (unpaired) electrons. The van der Waals surface area contributed by atoms with Crippen molar-refractivity contribution in [3.63, 3.8) is 0 Å². The van der Waals surface area contributed by atoms with Gasteiger partial charge in [-0.15, -0.1) is 0 Å². The molecule has 0 aliphatic carbocycles. The van der Waals surface area contributed by atoms with E-state index in [4.69, 9.17) is 12.2 Å². The normalized spacial score (nSPS) is 10.8. The molecule has 1 aromatic heterocycles. The molecule has 4 rings (SSSR count). The number of nitrogens with zero attached hydrogens (tertiary/aromatic N) is 1. The number of aromatic amines is 1. The summed E-state index contributed by atoms with van der Waals surface area (Å²) in [4.78, 5) is 20.6. The number of H-pyrrole nitrogens is 1. The molecular weight excluding hydrogens is 392 g/mol. The van der Waals surface area contributed by atoms with E-state index in [9.17, 15) is 4.79 Å². The zero-order chi connectivity index (χ0) is 21.3. The number of hydrogen-bond donors (Lipinski definition) is 3. The molecule has 1 amide bonds. The second-order valence-corrected chi connectivity index (χ2v) is 7.77. The Morgan fingerprint density at radius 1 is 0.967 bits per heavy atom. The molecule has 0 spiro atoms. The maximum absolute atomic E-state index is 12.6. The van der Waals surface area contributed by atoms with E-state index in [1.165, 1.54) is 0 Å². The molecular formula is C24H22N4OS. The van der Waals surface area contributed by atoms with Gasteiger partial charge in [-0.2, -0.15) is 0 Å². The van der Waals surface area contributed by atoms with Crippen LogP contribution >= 0.6 is 12.2 Å². The summed E-state index contributed by atoms with van der Waals surface area (Å²) in [6.07, 6.45) is 0. The number of nitrogens with one attached hydrogen (secondary N) is 3. The molecule has 1 heterocycles. The van der Waals surface area contributed by atoms with Gasteiger partial charge in [0, 0.05) is 16.8 Å². The third kappa shape index (κ3) is 4.09. The lowest BCUT2D eigenvalue weighted by Crippen LogP contribution is -2.34. The molecule has 30 heavy (non-hydrogen) atoms. The van der Waals surface area contributed by atoms with Crippen molar-refractivity contribution in [3.05, 3.63) is 82.9 Å². The Labute approximate surface area is 180 Å². The zero-order valence-corrected chi connectivity index (χ0v) is 17.9. The van der Waals surface area contributed by atoms with Crippen molar-refractivity contribution in [1.82, 2.24) is 15.3 Å². The average molecular weight is 415 g/mol. The van der Waals surface area contributed by atoms with Gasteiger partial charge in [-0.1, -0.05) is 42.0 Å². The smallest absolute Gasteiger partial charge is 0.257 e. The number of aromatic nitrogens is 2. The molecule has 0 fully saturated rings. The van der Waals surface area contributed by atoms with Gasteiger partial charge in [-0.3, -0.25) is 10.1 Å². The number of imidazole rings is 1. The Hall–Kier alpha value is -3.51. The third-order valence-corrected chi connectivity index (χ3v) is 5.21. The van der Waals surface area contributed by atoms with Crippen molar-refractivity contribution in [2.45, 2.75) is 20.8 Å². The maximum Gasteiger partial charge on any atom is 0.257 e. The number of thiocarbonyl (C=S) groups is 1. The van der Waals surface area contributed by atoms with E-state index in [1.54, 1.807) is 0 Å². The van der Waals surface area contributed by atoms with E-state index in [0.29, 0.717) is 5.56 Å². The van der Waals surface area contributed by atoms with Gasteiger partial charge < -0.3 is 10.3 Å². The van der Waals surface area contributed by atoms with Crippen LogP contribution in [0, 0.1) is 20.8 Å². The molecule has 5 nitrogen and oxygen atoms in total. The Kier molecular flexibility index (Phi) is 5.33. The van der Waals surface area contributed by atoms with Crippen LogP contribution in [0.3, 0.4) is 0 Å². The van der Waals surface area contributed by atoms with Gasteiger partial charge >= 0.3 is 0 Å². The molecule has 150 valence electrons. The van der Waals surface area contributed by atoms with E-state index in [-0.39, 0.29) is 11.0 Å². The summed E-state index contributed by atoms with van der Waals surface area (Å²) in [6.45, 7) is 5.90.